The summed E-state index contributed by atoms with van der Waals surface area (Å²) in [6.45, 7) is 2.44. The quantitative estimate of drug-likeness (QED) is 0.378. The number of thiocarbonyl (C=S) groups is 1. The summed E-state index contributed by atoms with van der Waals surface area (Å²) in [7, 11) is 0. The Morgan fingerprint density at radius 2 is 1.87 bits per heavy atom. The number of aromatic hydroxyl groups is 1. The second kappa shape index (κ2) is 9.07. The molecule has 1 aliphatic rings. The number of azo groups is 1. The summed E-state index contributed by atoms with van der Waals surface area (Å²) in [4.78, 5) is 2.26. The van der Waals surface area contributed by atoms with Crippen LogP contribution in [0, 0.1) is 5.82 Å². The van der Waals surface area contributed by atoms with Crippen molar-refractivity contribution in [1.82, 2.24) is 9.47 Å². The Morgan fingerprint density at radius 1 is 1.13 bits per heavy atom. The smallest absolute Gasteiger partial charge is 0.221 e. The first-order valence-corrected chi connectivity index (χ1v) is 10.5. The van der Waals surface area contributed by atoms with Crippen molar-refractivity contribution >= 4 is 51.2 Å². The number of hydrogen-bond acceptors (Lipinski definition) is 4. The Balaban J connectivity index is 1.61. The highest BCUT2D eigenvalue weighted by molar-refractivity contribution is 7.80. The molecule has 1 aliphatic heterocycles. The van der Waals surface area contributed by atoms with Crippen LogP contribution in [-0.2, 0) is 6.67 Å². The van der Waals surface area contributed by atoms with Gasteiger partial charge in [0.05, 0.1) is 12.2 Å². The van der Waals surface area contributed by atoms with Crippen LogP contribution < -0.4 is 5.32 Å². The fourth-order valence-corrected chi connectivity index (χ4v) is 3.90. The van der Waals surface area contributed by atoms with E-state index in [0.29, 0.717) is 28.3 Å². The molecule has 156 valence electrons. The van der Waals surface area contributed by atoms with Crippen molar-refractivity contribution in [3.8, 4) is 5.88 Å². The van der Waals surface area contributed by atoms with E-state index in [1.54, 1.807) is 34.9 Å². The second-order valence-corrected chi connectivity index (χ2v) is 8.04. The molecule has 0 bridgehead atoms. The minimum Gasteiger partial charge on any atom is -0.493 e. The molecule has 1 aromatic heterocycles. The van der Waals surface area contributed by atoms with Crippen molar-refractivity contribution in [2.24, 2.45) is 10.2 Å². The van der Waals surface area contributed by atoms with Crippen LogP contribution in [0.25, 0.3) is 10.9 Å². The molecule has 6 nitrogen and oxygen atoms in total. The Bertz CT molecular complexity index is 1090. The van der Waals surface area contributed by atoms with Crippen LogP contribution in [0.4, 0.5) is 15.8 Å². The number of nitrogens with zero attached hydrogens (tertiary/aromatic N) is 4. The van der Waals surface area contributed by atoms with E-state index in [1.165, 1.54) is 18.6 Å². The first-order valence-electron chi connectivity index (χ1n) is 9.72. The van der Waals surface area contributed by atoms with Crippen molar-refractivity contribution < 1.29 is 9.50 Å². The number of hydrogen-bond donors (Lipinski definition) is 2. The molecule has 2 aromatic carbocycles. The van der Waals surface area contributed by atoms with Gasteiger partial charge in [-0.3, -0.25) is 9.47 Å². The van der Waals surface area contributed by atoms with Gasteiger partial charge in [0, 0.05) is 16.1 Å². The minimum atomic E-state index is -0.407. The van der Waals surface area contributed by atoms with E-state index >= 15 is 0 Å². The molecule has 0 unspecified atom stereocenters. The number of piperidine rings is 1. The summed E-state index contributed by atoms with van der Waals surface area (Å²) in [5, 5.41) is 23.2. The normalized spacial score (nSPS) is 15.1. The molecule has 4 rings (SSSR count). The lowest BCUT2D eigenvalue weighted by molar-refractivity contribution is 0.178. The molecule has 3 aromatic rings. The van der Waals surface area contributed by atoms with Crippen molar-refractivity contribution in [3.63, 3.8) is 0 Å². The Labute approximate surface area is 184 Å². The monoisotopic (exact) mass is 445 g/mol. The zero-order valence-electron chi connectivity index (χ0n) is 16.2. The number of halogens is 2. The van der Waals surface area contributed by atoms with Crippen LogP contribution in [0.15, 0.2) is 52.7 Å². The second-order valence-electron chi connectivity index (χ2n) is 7.22. The predicted molar refractivity (Wildman–Crippen MR) is 121 cm³/mol. The van der Waals surface area contributed by atoms with Gasteiger partial charge < -0.3 is 10.4 Å². The maximum atomic E-state index is 13.9. The van der Waals surface area contributed by atoms with Gasteiger partial charge in [0.25, 0.3) is 0 Å². The minimum absolute atomic E-state index is 0.0563. The van der Waals surface area contributed by atoms with E-state index in [1.807, 2.05) is 0 Å². The number of aromatic nitrogens is 1. The zero-order chi connectivity index (χ0) is 21.1. The van der Waals surface area contributed by atoms with E-state index in [4.69, 9.17) is 23.8 Å². The van der Waals surface area contributed by atoms with E-state index in [2.05, 4.69) is 20.4 Å². The van der Waals surface area contributed by atoms with Crippen molar-refractivity contribution in [1.29, 1.82) is 0 Å². The molecule has 2 heterocycles. The summed E-state index contributed by atoms with van der Waals surface area (Å²) in [5.74, 6) is -0.463. The van der Waals surface area contributed by atoms with E-state index in [-0.39, 0.29) is 16.7 Å². The molecule has 30 heavy (non-hydrogen) atoms. The van der Waals surface area contributed by atoms with Gasteiger partial charge in [-0.05, 0) is 80.6 Å². The van der Waals surface area contributed by atoms with Crippen LogP contribution in [-0.4, -0.2) is 32.8 Å². The van der Waals surface area contributed by atoms with Crippen LogP contribution in [0.3, 0.4) is 0 Å². The van der Waals surface area contributed by atoms with Gasteiger partial charge in [0.1, 0.15) is 5.82 Å². The molecular formula is C21H21ClFN5OS. The topological polar surface area (TPSA) is 65.2 Å². The highest BCUT2D eigenvalue weighted by Crippen LogP contribution is 2.39. The lowest BCUT2D eigenvalue weighted by Crippen LogP contribution is -2.31. The van der Waals surface area contributed by atoms with Gasteiger partial charge in [-0.1, -0.05) is 18.0 Å². The Hall–Kier alpha value is -2.55. The largest absolute Gasteiger partial charge is 0.493 e. The molecule has 1 saturated heterocycles. The third kappa shape index (κ3) is 4.61. The van der Waals surface area contributed by atoms with Gasteiger partial charge in [-0.2, -0.15) is 0 Å². The van der Waals surface area contributed by atoms with E-state index in [0.717, 1.165) is 25.9 Å². The van der Waals surface area contributed by atoms with Gasteiger partial charge in [-0.25, -0.2) is 4.39 Å². The molecule has 9 heteroatoms. The fraction of sp³-hybridized carbons (Fsp3) is 0.286. The maximum absolute atomic E-state index is 13.9. The van der Waals surface area contributed by atoms with Crippen LogP contribution in [0.5, 0.6) is 5.88 Å². The van der Waals surface area contributed by atoms with Crippen molar-refractivity contribution in [2.75, 3.05) is 18.4 Å². The number of rotatable bonds is 4. The van der Waals surface area contributed by atoms with E-state index in [9.17, 15) is 9.50 Å². The number of fused-ring (bicyclic) bond motifs is 1. The molecule has 0 radical (unpaired) electrons. The molecule has 0 saturated carbocycles. The van der Waals surface area contributed by atoms with Crippen molar-refractivity contribution in [2.45, 2.75) is 25.9 Å². The maximum Gasteiger partial charge on any atom is 0.221 e. The molecule has 0 spiro atoms. The van der Waals surface area contributed by atoms with E-state index < -0.39 is 5.82 Å². The summed E-state index contributed by atoms with van der Waals surface area (Å²) in [6, 6.07) is 11.4. The SMILES string of the molecule is Oc1c(N=NC(=S)Nc2ccc(Cl)cc2)c2cc(F)ccc2n1CN1CCCCC1. The first kappa shape index (κ1) is 20.7. The van der Waals surface area contributed by atoms with Crippen LogP contribution in [0.1, 0.15) is 19.3 Å². The molecule has 1 fully saturated rings. The highest BCUT2D eigenvalue weighted by atomic mass is 35.5. The lowest BCUT2D eigenvalue weighted by Gasteiger charge is -2.27. The molecular weight excluding hydrogens is 425 g/mol. The predicted octanol–water partition coefficient (Wildman–Crippen LogP) is 6.06. The van der Waals surface area contributed by atoms with Gasteiger partial charge in [0.2, 0.25) is 11.0 Å². The average Bonchev–Trinajstić information content (AvgIpc) is 2.99. The third-order valence-corrected chi connectivity index (χ3v) is 5.53. The molecule has 0 atom stereocenters. The van der Waals surface area contributed by atoms with Crippen LogP contribution in [0.2, 0.25) is 5.02 Å². The van der Waals surface area contributed by atoms with Crippen LogP contribution >= 0.6 is 23.8 Å². The number of benzene rings is 2. The summed E-state index contributed by atoms with van der Waals surface area (Å²) in [5.41, 5.74) is 1.61. The summed E-state index contributed by atoms with van der Waals surface area (Å²) in [6.07, 6.45) is 3.48. The third-order valence-electron chi connectivity index (χ3n) is 5.10. The van der Waals surface area contributed by atoms with Gasteiger partial charge in [0.15, 0.2) is 5.69 Å². The summed E-state index contributed by atoms with van der Waals surface area (Å²) >= 11 is 11.1. The zero-order valence-corrected chi connectivity index (χ0v) is 17.8. The Morgan fingerprint density at radius 3 is 2.60 bits per heavy atom. The fourth-order valence-electron chi connectivity index (χ4n) is 3.62. The number of nitrogens with one attached hydrogen (secondary N) is 1. The average molecular weight is 446 g/mol. The number of anilines is 1. The van der Waals surface area contributed by atoms with Crippen molar-refractivity contribution in [3.05, 3.63) is 53.3 Å². The molecule has 0 aliphatic carbocycles. The molecule has 2 N–H and O–H groups in total. The van der Waals surface area contributed by atoms with Gasteiger partial charge >= 0.3 is 0 Å². The van der Waals surface area contributed by atoms with Gasteiger partial charge in [-0.15, -0.1) is 10.2 Å². The summed E-state index contributed by atoms with van der Waals surface area (Å²) < 4.78 is 15.7. The first-order chi connectivity index (χ1) is 14.5. The lowest BCUT2D eigenvalue weighted by atomic mass is 10.1. The molecule has 0 amide bonds. The standard InChI is InChI=1S/C21H21ClFN5OS/c22-14-4-7-16(8-5-14)24-21(30)26-25-19-17-12-15(23)6-9-18(17)28(20(19)29)13-27-10-2-1-3-11-27/h4-9,12,29H,1-3,10-11,13H2,(H,24,30). The number of likely N-dealkylation sites (tertiary alicyclic amines) is 1. The Kier molecular flexibility index (Phi) is 6.26. The highest BCUT2D eigenvalue weighted by Gasteiger charge is 2.20.